The molecule has 0 radical (unpaired) electrons. The van der Waals surface area contributed by atoms with Crippen molar-refractivity contribution in [3.8, 4) is 0 Å². The fourth-order valence-electron chi connectivity index (χ4n) is 1.82. The van der Waals surface area contributed by atoms with Crippen molar-refractivity contribution in [2.45, 2.75) is 57.9 Å². The molecule has 0 aliphatic carbocycles. The van der Waals surface area contributed by atoms with Crippen molar-refractivity contribution in [2.24, 2.45) is 5.92 Å². The van der Waals surface area contributed by atoms with Crippen molar-refractivity contribution >= 4 is 11.8 Å². The minimum absolute atomic E-state index is 0.681. The van der Waals surface area contributed by atoms with Crippen LogP contribution < -0.4 is 5.32 Å². The van der Waals surface area contributed by atoms with Crippen LogP contribution in [0.25, 0.3) is 0 Å². The summed E-state index contributed by atoms with van der Waals surface area (Å²) in [4.78, 5) is 0. The molecule has 0 amide bonds. The van der Waals surface area contributed by atoms with Gasteiger partial charge in [-0.05, 0) is 19.3 Å². The molecule has 4 unspecified atom stereocenters. The van der Waals surface area contributed by atoms with Crippen LogP contribution in [0, 0.1) is 5.92 Å². The molecule has 1 aliphatic heterocycles. The Bertz CT molecular complexity index is 149. The van der Waals surface area contributed by atoms with E-state index in [1.165, 1.54) is 18.6 Å². The SMILES string of the molecule is CCC(C)C(C)NC1CSC(C)C1. The summed E-state index contributed by atoms with van der Waals surface area (Å²) in [6.45, 7) is 9.26. The highest BCUT2D eigenvalue weighted by atomic mass is 32.2. The van der Waals surface area contributed by atoms with Gasteiger partial charge in [0.25, 0.3) is 0 Å². The molecule has 1 nitrogen and oxygen atoms in total. The topological polar surface area (TPSA) is 12.0 Å². The number of rotatable bonds is 4. The predicted molar refractivity (Wildman–Crippen MR) is 62.4 cm³/mol. The maximum absolute atomic E-state index is 3.74. The Labute approximate surface area is 87.1 Å². The molecular weight excluding hydrogens is 178 g/mol. The molecular formula is C11H23NS. The molecule has 1 N–H and O–H groups in total. The molecule has 1 rings (SSSR count). The minimum Gasteiger partial charge on any atom is -0.310 e. The number of hydrogen-bond acceptors (Lipinski definition) is 2. The zero-order valence-corrected chi connectivity index (χ0v) is 10.2. The van der Waals surface area contributed by atoms with E-state index in [0.29, 0.717) is 6.04 Å². The summed E-state index contributed by atoms with van der Waals surface area (Å²) in [5, 5.41) is 4.60. The number of nitrogens with one attached hydrogen (secondary N) is 1. The molecule has 13 heavy (non-hydrogen) atoms. The minimum atomic E-state index is 0.681. The average molecular weight is 201 g/mol. The summed E-state index contributed by atoms with van der Waals surface area (Å²) in [6, 6.07) is 1.45. The van der Waals surface area contributed by atoms with Crippen LogP contribution in [0.5, 0.6) is 0 Å². The van der Waals surface area contributed by atoms with E-state index >= 15 is 0 Å². The quantitative estimate of drug-likeness (QED) is 0.750. The van der Waals surface area contributed by atoms with Crippen molar-refractivity contribution in [1.82, 2.24) is 5.32 Å². The van der Waals surface area contributed by atoms with Gasteiger partial charge in [-0.1, -0.05) is 27.2 Å². The van der Waals surface area contributed by atoms with E-state index in [1.807, 2.05) is 0 Å². The van der Waals surface area contributed by atoms with Crippen LogP contribution >= 0.6 is 11.8 Å². The first-order chi connectivity index (χ1) is 6.13. The van der Waals surface area contributed by atoms with Gasteiger partial charge in [0.15, 0.2) is 0 Å². The first kappa shape index (κ1) is 11.4. The van der Waals surface area contributed by atoms with Gasteiger partial charge >= 0.3 is 0 Å². The highest BCUT2D eigenvalue weighted by Crippen LogP contribution is 2.26. The van der Waals surface area contributed by atoms with Crippen LogP contribution in [-0.4, -0.2) is 23.1 Å². The number of hydrogen-bond donors (Lipinski definition) is 1. The van der Waals surface area contributed by atoms with Gasteiger partial charge in [0.05, 0.1) is 0 Å². The summed E-state index contributed by atoms with van der Waals surface area (Å²) < 4.78 is 0. The van der Waals surface area contributed by atoms with Gasteiger partial charge in [0, 0.05) is 23.1 Å². The Hall–Kier alpha value is 0.310. The van der Waals surface area contributed by atoms with Crippen molar-refractivity contribution < 1.29 is 0 Å². The lowest BCUT2D eigenvalue weighted by Crippen LogP contribution is -2.40. The van der Waals surface area contributed by atoms with E-state index in [-0.39, 0.29) is 0 Å². The van der Waals surface area contributed by atoms with Crippen LogP contribution in [0.15, 0.2) is 0 Å². The summed E-state index contributed by atoms with van der Waals surface area (Å²) in [6.07, 6.45) is 2.63. The molecule has 78 valence electrons. The lowest BCUT2D eigenvalue weighted by atomic mass is 9.99. The molecule has 0 aromatic heterocycles. The Balaban J connectivity index is 2.24. The van der Waals surface area contributed by atoms with Gasteiger partial charge in [-0.15, -0.1) is 0 Å². The van der Waals surface area contributed by atoms with E-state index in [1.54, 1.807) is 0 Å². The third-order valence-electron chi connectivity index (χ3n) is 3.19. The van der Waals surface area contributed by atoms with Crippen LogP contribution in [0.4, 0.5) is 0 Å². The summed E-state index contributed by atoms with van der Waals surface area (Å²) >= 11 is 2.10. The third kappa shape index (κ3) is 3.51. The second kappa shape index (κ2) is 5.26. The summed E-state index contributed by atoms with van der Waals surface area (Å²) in [5.41, 5.74) is 0. The van der Waals surface area contributed by atoms with Crippen molar-refractivity contribution in [3.63, 3.8) is 0 Å². The molecule has 1 saturated heterocycles. The maximum atomic E-state index is 3.74. The predicted octanol–water partition coefficient (Wildman–Crippen LogP) is 2.90. The molecule has 4 atom stereocenters. The van der Waals surface area contributed by atoms with E-state index in [0.717, 1.165) is 17.2 Å². The molecule has 2 heteroatoms. The monoisotopic (exact) mass is 201 g/mol. The zero-order valence-electron chi connectivity index (χ0n) is 9.34. The lowest BCUT2D eigenvalue weighted by molar-refractivity contribution is 0.355. The number of thioether (sulfide) groups is 1. The summed E-state index contributed by atoms with van der Waals surface area (Å²) in [7, 11) is 0. The van der Waals surface area contributed by atoms with Crippen molar-refractivity contribution in [2.75, 3.05) is 5.75 Å². The van der Waals surface area contributed by atoms with Gasteiger partial charge < -0.3 is 5.32 Å². The van der Waals surface area contributed by atoms with Gasteiger partial charge in [-0.25, -0.2) is 0 Å². The van der Waals surface area contributed by atoms with Crippen LogP contribution in [0.2, 0.25) is 0 Å². The molecule has 1 aliphatic rings. The van der Waals surface area contributed by atoms with E-state index < -0.39 is 0 Å². The van der Waals surface area contributed by atoms with E-state index in [9.17, 15) is 0 Å². The normalized spacial score (nSPS) is 33.2. The standard InChI is InChI=1S/C11H23NS/c1-5-8(2)10(4)12-11-6-9(3)13-7-11/h8-12H,5-7H2,1-4H3. The highest BCUT2D eigenvalue weighted by Gasteiger charge is 2.23. The lowest BCUT2D eigenvalue weighted by Gasteiger charge is -2.23. The van der Waals surface area contributed by atoms with E-state index in [4.69, 9.17) is 0 Å². The third-order valence-corrected chi connectivity index (χ3v) is 4.55. The second-order valence-electron chi connectivity index (χ2n) is 4.42. The van der Waals surface area contributed by atoms with Crippen LogP contribution in [0.3, 0.4) is 0 Å². The molecule has 1 fully saturated rings. The molecule has 0 spiro atoms. The fourth-order valence-corrected chi connectivity index (χ4v) is 2.98. The maximum Gasteiger partial charge on any atom is 0.0171 e. The Morgan fingerprint density at radius 1 is 1.46 bits per heavy atom. The smallest absolute Gasteiger partial charge is 0.0171 e. The summed E-state index contributed by atoms with van der Waals surface area (Å²) in [5.74, 6) is 2.11. The molecule has 0 aromatic carbocycles. The highest BCUT2D eigenvalue weighted by molar-refractivity contribution is 8.00. The van der Waals surface area contributed by atoms with Gasteiger partial charge in [-0.2, -0.15) is 11.8 Å². The molecule has 0 aromatic rings. The Morgan fingerprint density at radius 2 is 2.15 bits per heavy atom. The average Bonchev–Trinajstić information content (AvgIpc) is 2.49. The second-order valence-corrected chi connectivity index (χ2v) is 5.89. The van der Waals surface area contributed by atoms with Gasteiger partial charge in [-0.3, -0.25) is 0 Å². The Morgan fingerprint density at radius 3 is 2.62 bits per heavy atom. The fraction of sp³-hybridized carbons (Fsp3) is 1.00. The molecule has 0 saturated carbocycles. The largest absolute Gasteiger partial charge is 0.310 e. The van der Waals surface area contributed by atoms with Gasteiger partial charge in [0.2, 0.25) is 0 Å². The molecule has 1 heterocycles. The van der Waals surface area contributed by atoms with E-state index in [2.05, 4.69) is 44.8 Å². The first-order valence-electron chi connectivity index (χ1n) is 5.51. The van der Waals surface area contributed by atoms with Gasteiger partial charge in [0.1, 0.15) is 0 Å². The van der Waals surface area contributed by atoms with Crippen molar-refractivity contribution in [3.05, 3.63) is 0 Å². The Kier molecular flexibility index (Phi) is 4.60. The first-order valence-corrected chi connectivity index (χ1v) is 6.56. The van der Waals surface area contributed by atoms with Crippen molar-refractivity contribution in [1.29, 1.82) is 0 Å². The molecule has 0 bridgehead atoms. The zero-order chi connectivity index (χ0) is 9.84. The van der Waals surface area contributed by atoms with Crippen LogP contribution in [0.1, 0.15) is 40.5 Å². The van der Waals surface area contributed by atoms with Crippen LogP contribution in [-0.2, 0) is 0 Å².